The van der Waals surface area contributed by atoms with Gasteiger partial charge in [0.1, 0.15) is 0 Å². The molecule has 1 aliphatic carbocycles. The van der Waals surface area contributed by atoms with E-state index >= 15 is 0 Å². The van der Waals surface area contributed by atoms with Crippen LogP contribution in [0, 0.1) is 0 Å². The molecule has 0 radical (unpaired) electrons. The van der Waals surface area contributed by atoms with Crippen molar-refractivity contribution in [3.63, 3.8) is 0 Å². The first-order chi connectivity index (χ1) is 10.3. The Morgan fingerprint density at radius 3 is 2.05 bits per heavy atom. The van der Waals surface area contributed by atoms with Gasteiger partial charge in [-0.3, -0.25) is 4.90 Å². The molecule has 2 unspecified atom stereocenters. The minimum Gasteiger partial charge on any atom is -0.391 e. The van der Waals surface area contributed by atoms with E-state index in [1.807, 2.05) is 6.92 Å². The molecule has 3 nitrogen and oxygen atoms in total. The summed E-state index contributed by atoms with van der Waals surface area (Å²) in [6.07, 6.45) is 12.5. The fourth-order valence-corrected chi connectivity index (χ4v) is 3.46. The summed E-state index contributed by atoms with van der Waals surface area (Å²) in [5.41, 5.74) is 0. The second kappa shape index (κ2) is 12.4. The maximum absolute atomic E-state index is 10.6. The first-order valence-corrected chi connectivity index (χ1v) is 9.29. The Balaban J connectivity index is 2.52. The van der Waals surface area contributed by atoms with E-state index in [-0.39, 0.29) is 6.10 Å². The SMILES string of the molecule is CCOCCN(CC)C1CCCCCCCCCCC1O. The summed E-state index contributed by atoms with van der Waals surface area (Å²) in [6, 6.07) is 0.329. The van der Waals surface area contributed by atoms with Crippen molar-refractivity contribution in [2.45, 2.75) is 90.2 Å². The van der Waals surface area contributed by atoms with E-state index in [9.17, 15) is 5.11 Å². The van der Waals surface area contributed by atoms with Crippen LogP contribution in [0.2, 0.25) is 0 Å². The van der Waals surface area contributed by atoms with Crippen LogP contribution in [0.3, 0.4) is 0 Å². The standard InChI is InChI=1S/C18H37NO2/c1-3-19(15-16-21-4-2)17-13-11-9-7-5-6-8-10-12-14-18(17)20/h17-18,20H,3-16H2,1-2H3. The molecule has 0 aromatic heterocycles. The number of aliphatic hydroxyl groups excluding tert-OH is 1. The van der Waals surface area contributed by atoms with E-state index in [2.05, 4.69) is 11.8 Å². The van der Waals surface area contributed by atoms with Gasteiger partial charge in [-0.1, -0.05) is 58.3 Å². The Hall–Kier alpha value is -0.120. The number of rotatable bonds is 6. The van der Waals surface area contributed by atoms with E-state index < -0.39 is 0 Å². The predicted molar refractivity (Wildman–Crippen MR) is 89.7 cm³/mol. The fraction of sp³-hybridized carbons (Fsp3) is 1.00. The molecule has 0 spiro atoms. The Bertz CT molecular complexity index is 235. The number of nitrogens with zero attached hydrogens (tertiary/aromatic N) is 1. The van der Waals surface area contributed by atoms with Gasteiger partial charge < -0.3 is 9.84 Å². The molecule has 21 heavy (non-hydrogen) atoms. The summed E-state index contributed by atoms with van der Waals surface area (Å²) in [4.78, 5) is 2.44. The first-order valence-electron chi connectivity index (χ1n) is 9.29. The molecule has 0 saturated heterocycles. The molecule has 1 rings (SSSR count). The lowest BCUT2D eigenvalue weighted by Gasteiger charge is -2.34. The van der Waals surface area contributed by atoms with Crippen LogP contribution in [-0.2, 0) is 4.74 Å². The van der Waals surface area contributed by atoms with E-state index in [1.165, 1.54) is 51.4 Å². The normalized spacial score (nSPS) is 26.3. The van der Waals surface area contributed by atoms with Gasteiger partial charge in [0.05, 0.1) is 12.7 Å². The lowest BCUT2D eigenvalue weighted by atomic mass is 9.94. The molecule has 0 amide bonds. The second-order valence-electron chi connectivity index (χ2n) is 6.37. The van der Waals surface area contributed by atoms with Gasteiger partial charge in [0.15, 0.2) is 0 Å². The van der Waals surface area contributed by atoms with Crippen molar-refractivity contribution < 1.29 is 9.84 Å². The van der Waals surface area contributed by atoms with Crippen molar-refractivity contribution in [2.75, 3.05) is 26.3 Å². The van der Waals surface area contributed by atoms with Crippen LogP contribution in [0.1, 0.15) is 78.1 Å². The zero-order valence-electron chi connectivity index (χ0n) is 14.4. The van der Waals surface area contributed by atoms with Crippen molar-refractivity contribution in [1.29, 1.82) is 0 Å². The van der Waals surface area contributed by atoms with Gasteiger partial charge in [0.2, 0.25) is 0 Å². The average molecular weight is 299 g/mol. The summed E-state index contributed by atoms with van der Waals surface area (Å²) >= 11 is 0. The van der Waals surface area contributed by atoms with Crippen molar-refractivity contribution in [2.24, 2.45) is 0 Å². The van der Waals surface area contributed by atoms with Crippen molar-refractivity contribution in [3.8, 4) is 0 Å². The molecule has 1 saturated carbocycles. The molecule has 2 atom stereocenters. The number of aliphatic hydroxyl groups is 1. The van der Waals surface area contributed by atoms with Crippen LogP contribution in [0.15, 0.2) is 0 Å². The zero-order chi connectivity index (χ0) is 15.3. The topological polar surface area (TPSA) is 32.7 Å². The van der Waals surface area contributed by atoms with Crippen molar-refractivity contribution in [1.82, 2.24) is 4.90 Å². The molecule has 0 aliphatic heterocycles. The Kier molecular flexibility index (Phi) is 11.2. The third kappa shape index (κ3) is 8.18. The van der Waals surface area contributed by atoms with Gasteiger partial charge in [-0.05, 0) is 26.3 Å². The van der Waals surface area contributed by atoms with Gasteiger partial charge in [-0.25, -0.2) is 0 Å². The van der Waals surface area contributed by atoms with Crippen molar-refractivity contribution in [3.05, 3.63) is 0 Å². The molecule has 1 fully saturated rings. The highest BCUT2D eigenvalue weighted by Gasteiger charge is 2.24. The second-order valence-corrected chi connectivity index (χ2v) is 6.37. The van der Waals surface area contributed by atoms with Gasteiger partial charge in [0, 0.05) is 19.2 Å². The molecule has 1 N–H and O–H groups in total. The Morgan fingerprint density at radius 2 is 1.48 bits per heavy atom. The summed E-state index contributed by atoms with van der Waals surface area (Å²) in [5.74, 6) is 0. The Labute approximate surface area is 132 Å². The first kappa shape index (κ1) is 18.9. The third-order valence-corrected chi connectivity index (χ3v) is 4.80. The van der Waals surface area contributed by atoms with Crippen LogP contribution >= 0.6 is 0 Å². The maximum atomic E-state index is 10.6. The molecular weight excluding hydrogens is 262 g/mol. The Morgan fingerprint density at radius 1 is 0.905 bits per heavy atom. The molecule has 0 aromatic rings. The predicted octanol–water partition coefficient (Wildman–Crippen LogP) is 3.99. The van der Waals surface area contributed by atoms with Crippen LogP contribution in [0.5, 0.6) is 0 Å². The van der Waals surface area contributed by atoms with E-state index in [0.29, 0.717) is 6.04 Å². The van der Waals surface area contributed by atoms with E-state index in [4.69, 9.17) is 4.74 Å². The molecule has 1 aliphatic rings. The highest BCUT2D eigenvalue weighted by atomic mass is 16.5. The number of hydrogen-bond acceptors (Lipinski definition) is 3. The maximum Gasteiger partial charge on any atom is 0.0695 e. The van der Waals surface area contributed by atoms with Gasteiger partial charge >= 0.3 is 0 Å². The number of hydrogen-bond donors (Lipinski definition) is 1. The van der Waals surface area contributed by atoms with E-state index in [1.54, 1.807) is 0 Å². The quantitative estimate of drug-likeness (QED) is 0.753. The summed E-state index contributed by atoms with van der Waals surface area (Å²) in [5, 5.41) is 10.6. The number of ether oxygens (including phenoxy) is 1. The average Bonchev–Trinajstić information content (AvgIpc) is 2.48. The summed E-state index contributed by atoms with van der Waals surface area (Å²) in [7, 11) is 0. The minimum absolute atomic E-state index is 0.161. The zero-order valence-corrected chi connectivity index (χ0v) is 14.4. The molecule has 0 heterocycles. The van der Waals surface area contributed by atoms with Crippen LogP contribution in [0.25, 0.3) is 0 Å². The lowest BCUT2D eigenvalue weighted by Crippen LogP contribution is -2.45. The van der Waals surface area contributed by atoms with Gasteiger partial charge in [0.25, 0.3) is 0 Å². The molecular formula is C18H37NO2. The lowest BCUT2D eigenvalue weighted by molar-refractivity contribution is 0.0204. The minimum atomic E-state index is -0.161. The monoisotopic (exact) mass is 299 g/mol. The fourth-order valence-electron chi connectivity index (χ4n) is 3.46. The third-order valence-electron chi connectivity index (χ3n) is 4.80. The van der Waals surface area contributed by atoms with Crippen molar-refractivity contribution >= 4 is 0 Å². The molecule has 3 heteroatoms. The van der Waals surface area contributed by atoms with Gasteiger partial charge in [-0.15, -0.1) is 0 Å². The van der Waals surface area contributed by atoms with Crippen LogP contribution in [0.4, 0.5) is 0 Å². The summed E-state index contributed by atoms with van der Waals surface area (Å²) in [6.45, 7) is 7.77. The highest BCUT2D eigenvalue weighted by molar-refractivity contribution is 4.79. The molecule has 0 bridgehead atoms. The number of likely N-dealkylation sites (N-methyl/N-ethyl adjacent to an activating group) is 1. The largest absolute Gasteiger partial charge is 0.391 e. The van der Waals surface area contributed by atoms with Crippen LogP contribution in [-0.4, -0.2) is 48.5 Å². The summed E-state index contributed by atoms with van der Waals surface area (Å²) < 4.78 is 5.51. The molecule has 0 aromatic carbocycles. The van der Waals surface area contributed by atoms with Gasteiger partial charge in [-0.2, -0.15) is 0 Å². The van der Waals surface area contributed by atoms with Crippen LogP contribution < -0.4 is 0 Å². The smallest absolute Gasteiger partial charge is 0.0695 e. The molecule has 126 valence electrons. The van der Waals surface area contributed by atoms with E-state index in [0.717, 1.165) is 39.1 Å². The highest BCUT2D eigenvalue weighted by Crippen LogP contribution is 2.21.